The minimum atomic E-state index is 0.664. The summed E-state index contributed by atoms with van der Waals surface area (Å²) in [7, 11) is 0. The second-order valence-electron chi connectivity index (χ2n) is 4.88. The summed E-state index contributed by atoms with van der Waals surface area (Å²) >= 11 is 1.62. The Morgan fingerprint density at radius 3 is 2.67 bits per heavy atom. The van der Waals surface area contributed by atoms with Gasteiger partial charge in [0, 0.05) is 17.1 Å². The molecule has 0 aliphatic carbocycles. The number of hydrogen-bond donors (Lipinski definition) is 0. The van der Waals surface area contributed by atoms with E-state index in [1.807, 2.05) is 26.0 Å². The molecule has 0 atom stereocenters. The van der Waals surface area contributed by atoms with Crippen LogP contribution in [0.2, 0.25) is 0 Å². The average molecular weight is 296 g/mol. The molecule has 0 bridgehead atoms. The van der Waals surface area contributed by atoms with Gasteiger partial charge in [0.15, 0.2) is 0 Å². The zero-order valence-electron chi connectivity index (χ0n) is 12.1. The Bertz CT molecular complexity index is 790. The summed E-state index contributed by atoms with van der Waals surface area (Å²) in [6.45, 7) is 7.74. The quantitative estimate of drug-likeness (QED) is 0.689. The van der Waals surface area contributed by atoms with Crippen molar-refractivity contribution in [2.45, 2.75) is 24.8 Å². The van der Waals surface area contributed by atoms with Crippen LogP contribution in [0.15, 0.2) is 42.1 Å². The fraction of sp³-hybridized carbons (Fsp3) is 0.188. The second-order valence-corrected chi connectivity index (χ2v) is 5.82. The summed E-state index contributed by atoms with van der Waals surface area (Å²) in [4.78, 5) is 8.87. The van der Waals surface area contributed by atoms with E-state index in [0.29, 0.717) is 5.78 Å². The van der Waals surface area contributed by atoms with Crippen molar-refractivity contribution in [1.29, 1.82) is 0 Å². The normalized spacial score (nSPS) is 11.0. The molecular weight excluding hydrogens is 280 g/mol. The molecule has 106 valence electrons. The maximum Gasteiger partial charge on any atom is 0.253 e. The van der Waals surface area contributed by atoms with Gasteiger partial charge in [-0.15, -0.1) is 5.10 Å². The van der Waals surface area contributed by atoms with Gasteiger partial charge in [-0.3, -0.25) is 0 Å². The fourth-order valence-electron chi connectivity index (χ4n) is 2.11. The molecule has 0 N–H and O–H groups in total. The lowest BCUT2D eigenvalue weighted by atomic mass is 10.1. The first-order valence-electron chi connectivity index (χ1n) is 6.71. The van der Waals surface area contributed by atoms with Crippen LogP contribution in [0.3, 0.4) is 0 Å². The van der Waals surface area contributed by atoms with Gasteiger partial charge in [0.25, 0.3) is 5.78 Å². The first kappa shape index (κ1) is 13.8. The zero-order valence-corrected chi connectivity index (χ0v) is 12.9. The van der Waals surface area contributed by atoms with E-state index in [4.69, 9.17) is 0 Å². The van der Waals surface area contributed by atoms with E-state index < -0.39 is 0 Å². The van der Waals surface area contributed by atoms with E-state index in [1.54, 1.807) is 16.3 Å². The largest absolute Gasteiger partial charge is 0.253 e. The number of aryl methyl sites for hydroxylation is 2. The van der Waals surface area contributed by atoms with Gasteiger partial charge in [-0.2, -0.15) is 4.98 Å². The maximum atomic E-state index is 4.49. The molecule has 0 spiro atoms. The van der Waals surface area contributed by atoms with Crippen LogP contribution >= 0.6 is 11.8 Å². The van der Waals surface area contributed by atoms with Gasteiger partial charge >= 0.3 is 0 Å². The Kier molecular flexibility index (Phi) is 3.75. The highest BCUT2D eigenvalue weighted by atomic mass is 32.2. The minimum absolute atomic E-state index is 0.664. The summed E-state index contributed by atoms with van der Waals surface area (Å²) in [5.74, 6) is 1.50. The smallest absolute Gasteiger partial charge is 0.216 e. The van der Waals surface area contributed by atoms with Crippen LogP contribution in [0.25, 0.3) is 11.9 Å². The van der Waals surface area contributed by atoms with Crippen LogP contribution in [0.1, 0.15) is 22.5 Å². The summed E-state index contributed by atoms with van der Waals surface area (Å²) < 4.78 is 1.79. The van der Waals surface area contributed by atoms with Gasteiger partial charge in [-0.25, -0.2) is 9.50 Å². The summed E-state index contributed by atoms with van der Waals surface area (Å²) in [5.41, 5.74) is 4.38. The number of benzene rings is 1. The Labute approximate surface area is 127 Å². The van der Waals surface area contributed by atoms with Gasteiger partial charge in [-0.1, -0.05) is 48.7 Å². The predicted octanol–water partition coefficient (Wildman–Crippen LogP) is 3.68. The van der Waals surface area contributed by atoms with Gasteiger partial charge in [0.2, 0.25) is 5.16 Å². The molecule has 0 saturated heterocycles. The summed E-state index contributed by atoms with van der Waals surface area (Å²) in [6.07, 6.45) is 1.84. The molecule has 21 heavy (non-hydrogen) atoms. The first-order valence-corrected chi connectivity index (χ1v) is 7.69. The average Bonchev–Trinajstić information content (AvgIpc) is 2.89. The molecule has 0 saturated carbocycles. The molecule has 3 rings (SSSR count). The van der Waals surface area contributed by atoms with E-state index in [0.717, 1.165) is 27.9 Å². The Morgan fingerprint density at radius 1 is 1.19 bits per heavy atom. The summed E-state index contributed by atoms with van der Waals surface area (Å²) in [5, 5.41) is 5.25. The number of rotatable bonds is 4. The highest BCUT2D eigenvalue weighted by Crippen LogP contribution is 2.20. The van der Waals surface area contributed by atoms with Gasteiger partial charge in [-0.05, 0) is 31.0 Å². The van der Waals surface area contributed by atoms with Crippen LogP contribution < -0.4 is 0 Å². The van der Waals surface area contributed by atoms with Crippen LogP contribution in [-0.2, 0) is 5.75 Å². The van der Waals surface area contributed by atoms with Crippen molar-refractivity contribution < 1.29 is 0 Å². The molecule has 0 aliphatic rings. The Hall–Kier alpha value is -2.14. The first-order chi connectivity index (χ1) is 10.2. The zero-order chi connectivity index (χ0) is 14.8. The monoisotopic (exact) mass is 296 g/mol. The molecule has 2 aromatic heterocycles. The lowest BCUT2D eigenvalue weighted by molar-refractivity contribution is 0.843. The van der Waals surface area contributed by atoms with Crippen molar-refractivity contribution in [2.24, 2.45) is 0 Å². The summed E-state index contributed by atoms with van der Waals surface area (Å²) in [6, 6.07) is 10.3. The van der Waals surface area contributed by atoms with Crippen molar-refractivity contribution in [3.05, 3.63) is 59.4 Å². The van der Waals surface area contributed by atoms with Crippen LogP contribution in [0.4, 0.5) is 0 Å². The third-order valence-corrected chi connectivity index (χ3v) is 4.09. The second kappa shape index (κ2) is 5.69. The Balaban J connectivity index is 1.78. The number of hydrogen-bond acceptors (Lipinski definition) is 4. The SMILES string of the molecule is C=Cc1ccc(CSc2nc3nc(C)cc(C)n3n2)cc1. The topological polar surface area (TPSA) is 43.1 Å². The molecule has 5 heteroatoms. The number of nitrogens with zero attached hydrogens (tertiary/aromatic N) is 4. The molecule has 2 heterocycles. The van der Waals surface area contributed by atoms with Crippen molar-refractivity contribution >= 4 is 23.6 Å². The highest BCUT2D eigenvalue weighted by Gasteiger charge is 2.08. The molecular formula is C16H16N4S. The molecule has 0 aliphatic heterocycles. The molecule has 0 fully saturated rings. The number of thioether (sulfide) groups is 1. The van der Waals surface area contributed by atoms with E-state index in [9.17, 15) is 0 Å². The molecule has 4 nitrogen and oxygen atoms in total. The molecule has 1 aromatic carbocycles. The predicted molar refractivity (Wildman–Crippen MR) is 86.4 cm³/mol. The minimum Gasteiger partial charge on any atom is -0.216 e. The lowest BCUT2D eigenvalue weighted by Crippen LogP contribution is -1.97. The van der Waals surface area contributed by atoms with E-state index in [2.05, 4.69) is 45.9 Å². The van der Waals surface area contributed by atoms with Gasteiger partial charge < -0.3 is 0 Å². The number of fused-ring (bicyclic) bond motifs is 1. The van der Waals surface area contributed by atoms with E-state index in [1.165, 1.54) is 5.56 Å². The standard InChI is InChI=1S/C16H16N4S/c1-4-13-5-7-14(8-6-13)10-21-16-18-15-17-11(2)9-12(3)20(15)19-16/h4-9H,1,10H2,2-3H3. The van der Waals surface area contributed by atoms with Crippen LogP contribution in [-0.4, -0.2) is 19.6 Å². The fourth-order valence-corrected chi connectivity index (χ4v) is 2.88. The third-order valence-electron chi connectivity index (χ3n) is 3.18. The molecule has 0 amide bonds. The Morgan fingerprint density at radius 2 is 1.95 bits per heavy atom. The van der Waals surface area contributed by atoms with Crippen molar-refractivity contribution in [1.82, 2.24) is 19.6 Å². The van der Waals surface area contributed by atoms with Gasteiger partial charge in [0.05, 0.1) is 0 Å². The molecule has 0 radical (unpaired) electrons. The van der Waals surface area contributed by atoms with E-state index >= 15 is 0 Å². The third kappa shape index (κ3) is 2.97. The van der Waals surface area contributed by atoms with Gasteiger partial charge in [0.1, 0.15) is 0 Å². The van der Waals surface area contributed by atoms with Crippen molar-refractivity contribution in [3.8, 4) is 0 Å². The highest BCUT2D eigenvalue weighted by molar-refractivity contribution is 7.98. The molecule has 3 aromatic rings. The number of aromatic nitrogens is 4. The maximum absolute atomic E-state index is 4.49. The molecule has 0 unspecified atom stereocenters. The van der Waals surface area contributed by atoms with Crippen molar-refractivity contribution in [2.75, 3.05) is 0 Å². The van der Waals surface area contributed by atoms with Crippen molar-refractivity contribution in [3.63, 3.8) is 0 Å². The van der Waals surface area contributed by atoms with Crippen LogP contribution in [0, 0.1) is 13.8 Å². The van der Waals surface area contributed by atoms with E-state index in [-0.39, 0.29) is 0 Å². The van der Waals surface area contributed by atoms with Crippen LogP contribution in [0.5, 0.6) is 0 Å². The lowest BCUT2D eigenvalue weighted by Gasteiger charge is -1.99.